The zero-order valence-corrected chi connectivity index (χ0v) is 13.4. The maximum absolute atomic E-state index is 12.0. The van der Waals surface area contributed by atoms with Crippen molar-refractivity contribution in [2.75, 3.05) is 25.6 Å². The van der Waals surface area contributed by atoms with E-state index in [1.165, 1.54) is 11.8 Å². The summed E-state index contributed by atoms with van der Waals surface area (Å²) < 4.78 is 11.9. The first-order valence-electron chi connectivity index (χ1n) is 6.72. The molecule has 1 aliphatic rings. The summed E-state index contributed by atoms with van der Waals surface area (Å²) in [5.41, 5.74) is 0.999. The smallest absolute Gasteiger partial charge is 0.230 e. The van der Waals surface area contributed by atoms with Crippen LogP contribution in [0, 0.1) is 6.92 Å². The lowest BCUT2D eigenvalue weighted by Crippen LogP contribution is -2.50. The first kappa shape index (κ1) is 15.8. The molecule has 0 aliphatic carbocycles. The van der Waals surface area contributed by atoms with Gasteiger partial charge in [-0.15, -0.1) is 11.3 Å². The third-order valence-corrected chi connectivity index (χ3v) is 5.09. The monoisotopic (exact) mass is 316 g/mol. The average molecular weight is 316 g/mol. The SMILES string of the molecule is CCO[C@@H]1COCC[C@H]1NC(=O)CSc1nc(C)cs1. The minimum Gasteiger partial charge on any atom is -0.379 e. The lowest BCUT2D eigenvalue weighted by molar-refractivity contribution is -0.123. The zero-order valence-electron chi connectivity index (χ0n) is 11.8. The molecule has 0 spiro atoms. The molecule has 1 amide bonds. The molecule has 20 heavy (non-hydrogen) atoms. The predicted molar refractivity (Wildman–Crippen MR) is 80.4 cm³/mol. The lowest BCUT2D eigenvalue weighted by atomic mass is 10.1. The van der Waals surface area contributed by atoms with Crippen molar-refractivity contribution in [3.8, 4) is 0 Å². The third-order valence-electron chi connectivity index (χ3n) is 2.96. The minimum absolute atomic E-state index is 0.0273. The number of ether oxygens (including phenoxy) is 2. The summed E-state index contributed by atoms with van der Waals surface area (Å²) >= 11 is 3.05. The Morgan fingerprint density at radius 1 is 1.70 bits per heavy atom. The Morgan fingerprint density at radius 3 is 3.25 bits per heavy atom. The Balaban J connectivity index is 1.77. The highest BCUT2D eigenvalue weighted by atomic mass is 32.2. The number of thiazole rings is 1. The van der Waals surface area contributed by atoms with Crippen LogP contribution in [0.2, 0.25) is 0 Å². The minimum atomic E-state index is -0.0372. The first-order valence-corrected chi connectivity index (χ1v) is 8.59. The van der Waals surface area contributed by atoms with E-state index in [1.807, 2.05) is 19.2 Å². The summed E-state index contributed by atoms with van der Waals surface area (Å²) in [5, 5.41) is 5.03. The number of hydrogen-bond acceptors (Lipinski definition) is 6. The molecule has 112 valence electrons. The van der Waals surface area contributed by atoms with E-state index in [0.29, 0.717) is 25.6 Å². The van der Waals surface area contributed by atoms with Crippen LogP contribution in [-0.4, -0.2) is 48.6 Å². The Kier molecular flexibility index (Phi) is 6.28. The van der Waals surface area contributed by atoms with Gasteiger partial charge >= 0.3 is 0 Å². The zero-order chi connectivity index (χ0) is 14.4. The van der Waals surface area contributed by atoms with Crippen LogP contribution in [0.5, 0.6) is 0 Å². The second kappa shape index (κ2) is 7.97. The molecule has 0 radical (unpaired) electrons. The van der Waals surface area contributed by atoms with Gasteiger partial charge in [-0.25, -0.2) is 4.98 Å². The van der Waals surface area contributed by atoms with Gasteiger partial charge in [0.2, 0.25) is 5.91 Å². The number of amides is 1. The van der Waals surface area contributed by atoms with E-state index < -0.39 is 0 Å². The molecule has 2 heterocycles. The molecular formula is C13H20N2O3S2. The largest absolute Gasteiger partial charge is 0.379 e. The van der Waals surface area contributed by atoms with E-state index in [1.54, 1.807) is 11.3 Å². The molecule has 5 nitrogen and oxygen atoms in total. The van der Waals surface area contributed by atoms with Crippen molar-refractivity contribution < 1.29 is 14.3 Å². The average Bonchev–Trinajstić information content (AvgIpc) is 2.85. The maximum Gasteiger partial charge on any atom is 0.230 e. The highest BCUT2D eigenvalue weighted by Crippen LogP contribution is 2.22. The number of aryl methyl sites for hydroxylation is 1. The number of carbonyl (C=O) groups excluding carboxylic acids is 1. The van der Waals surface area contributed by atoms with E-state index in [9.17, 15) is 4.79 Å². The van der Waals surface area contributed by atoms with Crippen LogP contribution >= 0.6 is 23.1 Å². The maximum atomic E-state index is 12.0. The van der Waals surface area contributed by atoms with Gasteiger partial charge in [-0.05, 0) is 20.3 Å². The molecule has 1 N–H and O–H groups in total. The molecular weight excluding hydrogens is 296 g/mol. The Labute approximate surface area is 127 Å². The standard InChI is InChI=1S/C13H20N2O3S2/c1-3-18-11-6-17-5-4-10(11)15-12(16)8-20-13-14-9(2)7-19-13/h7,10-11H,3-6,8H2,1-2H3,(H,15,16)/t10-,11-/m1/s1. The number of aromatic nitrogens is 1. The molecule has 1 saturated heterocycles. The Morgan fingerprint density at radius 2 is 2.55 bits per heavy atom. The summed E-state index contributed by atoms with van der Waals surface area (Å²) in [6.07, 6.45) is 0.766. The van der Waals surface area contributed by atoms with Crippen LogP contribution < -0.4 is 5.32 Å². The van der Waals surface area contributed by atoms with Crippen LogP contribution in [0.3, 0.4) is 0 Å². The summed E-state index contributed by atoms with van der Waals surface area (Å²) in [6.45, 7) is 5.77. The molecule has 1 aromatic rings. The van der Waals surface area contributed by atoms with Crippen LogP contribution in [0.1, 0.15) is 19.0 Å². The second-order valence-electron chi connectivity index (χ2n) is 4.57. The van der Waals surface area contributed by atoms with Crippen molar-refractivity contribution in [2.45, 2.75) is 36.8 Å². The quantitative estimate of drug-likeness (QED) is 0.812. The van der Waals surface area contributed by atoms with E-state index in [0.717, 1.165) is 16.5 Å². The van der Waals surface area contributed by atoms with Gasteiger partial charge in [-0.3, -0.25) is 4.79 Å². The number of rotatable bonds is 6. The fourth-order valence-electron chi connectivity index (χ4n) is 2.03. The molecule has 0 saturated carbocycles. The van der Waals surface area contributed by atoms with E-state index in [2.05, 4.69) is 10.3 Å². The predicted octanol–water partition coefficient (Wildman–Crippen LogP) is 1.85. The first-order chi connectivity index (χ1) is 9.69. The molecule has 1 aliphatic heterocycles. The third kappa shape index (κ3) is 4.73. The number of nitrogens with one attached hydrogen (secondary N) is 1. The highest BCUT2D eigenvalue weighted by molar-refractivity contribution is 8.01. The van der Waals surface area contributed by atoms with Gasteiger partial charge in [0.15, 0.2) is 4.34 Å². The summed E-state index contributed by atoms with van der Waals surface area (Å²) in [7, 11) is 0. The van der Waals surface area contributed by atoms with Crippen LogP contribution in [-0.2, 0) is 14.3 Å². The van der Waals surface area contributed by atoms with Gasteiger partial charge in [0.25, 0.3) is 0 Å². The van der Waals surface area contributed by atoms with Crippen LogP contribution in [0.15, 0.2) is 9.72 Å². The number of hydrogen-bond donors (Lipinski definition) is 1. The normalized spacial score (nSPS) is 22.7. The van der Waals surface area contributed by atoms with Crippen molar-refractivity contribution in [3.63, 3.8) is 0 Å². The van der Waals surface area contributed by atoms with Gasteiger partial charge in [0.05, 0.1) is 18.4 Å². The highest BCUT2D eigenvalue weighted by Gasteiger charge is 2.27. The molecule has 0 aromatic carbocycles. The van der Waals surface area contributed by atoms with Gasteiger partial charge in [0.1, 0.15) is 6.10 Å². The van der Waals surface area contributed by atoms with Gasteiger partial charge in [-0.1, -0.05) is 11.8 Å². The Hall–Kier alpha value is -0.630. The van der Waals surface area contributed by atoms with Crippen molar-refractivity contribution >= 4 is 29.0 Å². The van der Waals surface area contributed by atoms with Crippen LogP contribution in [0.4, 0.5) is 0 Å². The van der Waals surface area contributed by atoms with Gasteiger partial charge in [-0.2, -0.15) is 0 Å². The van der Waals surface area contributed by atoms with Crippen molar-refractivity contribution in [1.29, 1.82) is 0 Å². The molecule has 0 unspecified atom stereocenters. The Bertz CT molecular complexity index is 437. The number of nitrogens with zero attached hydrogens (tertiary/aromatic N) is 1. The molecule has 2 rings (SSSR count). The molecule has 2 atom stereocenters. The lowest BCUT2D eigenvalue weighted by Gasteiger charge is -2.31. The summed E-state index contributed by atoms with van der Waals surface area (Å²) in [4.78, 5) is 16.3. The van der Waals surface area contributed by atoms with E-state index in [-0.39, 0.29) is 18.1 Å². The molecule has 1 fully saturated rings. The topological polar surface area (TPSA) is 60.5 Å². The summed E-state index contributed by atoms with van der Waals surface area (Å²) in [6, 6.07) is 0.0508. The van der Waals surface area contributed by atoms with Gasteiger partial charge < -0.3 is 14.8 Å². The molecule has 0 bridgehead atoms. The number of thioether (sulfide) groups is 1. The second-order valence-corrected chi connectivity index (χ2v) is 6.66. The van der Waals surface area contributed by atoms with E-state index in [4.69, 9.17) is 9.47 Å². The fourth-order valence-corrected chi connectivity index (χ4v) is 3.69. The van der Waals surface area contributed by atoms with Gasteiger partial charge in [0, 0.05) is 24.3 Å². The van der Waals surface area contributed by atoms with E-state index >= 15 is 0 Å². The molecule has 7 heteroatoms. The fraction of sp³-hybridized carbons (Fsp3) is 0.692. The van der Waals surface area contributed by atoms with Crippen molar-refractivity contribution in [3.05, 3.63) is 11.1 Å². The molecule has 1 aromatic heterocycles. The van der Waals surface area contributed by atoms with Crippen molar-refractivity contribution in [1.82, 2.24) is 10.3 Å². The van der Waals surface area contributed by atoms with Crippen LogP contribution in [0.25, 0.3) is 0 Å². The summed E-state index contributed by atoms with van der Waals surface area (Å²) in [5.74, 6) is 0.419. The van der Waals surface area contributed by atoms with Crippen molar-refractivity contribution in [2.24, 2.45) is 0 Å². The number of carbonyl (C=O) groups is 1.